The van der Waals surface area contributed by atoms with Crippen LogP contribution in [-0.4, -0.2) is 17.4 Å². The van der Waals surface area contributed by atoms with E-state index in [0.29, 0.717) is 0 Å². The van der Waals surface area contributed by atoms with Crippen LogP contribution in [0.1, 0.15) is 10.4 Å². The molecule has 1 aromatic rings. The number of hydrogen-bond donors (Lipinski definition) is 1. The maximum absolute atomic E-state index is 12.9. The SMILES string of the molecule is N#CCNC(=O)c1ccc(F)c([N+](=O)[O-])c1. The Morgan fingerprint density at radius 3 is 2.88 bits per heavy atom. The third kappa shape index (κ3) is 2.51. The van der Waals surface area contributed by atoms with E-state index in [4.69, 9.17) is 5.26 Å². The molecule has 1 aromatic carbocycles. The zero-order valence-electron chi connectivity index (χ0n) is 7.94. The first-order valence-electron chi connectivity index (χ1n) is 4.15. The minimum absolute atomic E-state index is 0.0663. The van der Waals surface area contributed by atoms with Crippen LogP contribution in [0.2, 0.25) is 0 Å². The van der Waals surface area contributed by atoms with Crippen LogP contribution in [0.3, 0.4) is 0 Å². The molecule has 0 aliphatic rings. The normalized spacial score (nSPS) is 9.25. The van der Waals surface area contributed by atoms with Gasteiger partial charge < -0.3 is 5.32 Å². The van der Waals surface area contributed by atoms with Crippen LogP contribution in [0.15, 0.2) is 18.2 Å². The van der Waals surface area contributed by atoms with Gasteiger partial charge in [0.15, 0.2) is 0 Å². The van der Waals surface area contributed by atoms with Crippen molar-refractivity contribution in [3.8, 4) is 6.07 Å². The minimum Gasteiger partial charge on any atom is -0.339 e. The molecule has 0 bridgehead atoms. The van der Waals surface area contributed by atoms with E-state index in [0.717, 1.165) is 18.2 Å². The highest BCUT2D eigenvalue weighted by molar-refractivity contribution is 5.94. The smallest absolute Gasteiger partial charge is 0.305 e. The topological polar surface area (TPSA) is 96.0 Å². The number of nitro groups is 1. The standard InChI is InChI=1S/C9H6FN3O3/c10-7-2-1-6(5-8(7)13(15)16)9(14)12-4-3-11/h1-2,5H,4H2,(H,12,14). The van der Waals surface area contributed by atoms with E-state index in [-0.39, 0.29) is 12.1 Å². The summed E-state index contributed by atoms with van der Waals surface area (Å²) in [5.41, 5.74) is -0.840. The van der Waals surface area contributed by atoms with Crippen LogP contribution in [0, 0.1) is 27.3 Å². The highest BCUT2D eigenvalue weighted by Gasteiger charge is 2.17. The predicted molar refractivity (Wildman–Crippen MR) is 51.0 cm³/mol. The first kappa shape index (κ1) is 11.6. The largest absolute Gasteiger partial charge is 0.339 e. The lowest BCUT2D eigenvalue weighted by molar-refractivity contribution is -0.387. The van der Waals surface area contributed by atoms with Gasteiger partial charge in [-0.05, 0) is 12.1 Å². The number of halogens is 1. The molecule has 6 nitrogen and oxygen atoms in total. The van der Waals surface area contributed by atoms with Crippen molar-refractivity contribution >= 4 is 11.6 Å². The van der Waals surface area contributed by atoms with Crippen LogP contribution in [0.25, 0.3) is 0 Å². The van der Waals surface area contributed by atoms with E-state index in [9.17, 15) is 19.3 Å². The molecule has 0 unspecified atom stereocenters. The van der Waals surface area contributed by atoms with Crippen LogP contribution >= 0.6 is 0 Å². The summed E-state index contributed by atoms with van der Waals surface area (Å²) in [5, 5.41) is 20.8. The fourth-order valence-corrected chi connectivity index (χ4v) is 1.02. The summed E-state index contributed by atoms with van der Waals surface area (Å²) in [4.78, 5) is 20.8. The van der Waals surface area contributed by atoms with Gasteiger partial charge in [-0.1, -0.05) is 0 Å². The second kappa shape index (κ2) is 4.84. The molecular formula is C9H6FN3O3. The summed E-state index contributed by atoms with van der Waals surface area (Å²) < 4.78 is 12.9. The molecule has 16 heavy (non-hydrogen) atoms. The number of amides is 1. The van der Waals surface area contributed by atoms with Crippen molar-refractivity contribution in [1.29, 1.82) is 5.26 Å². The Bertz CT molecular complexity index is 481. The Hall–Kier alpha value is -2.49. The van der Waals surface area contributed by atoms with E-state index < -0.39 is 22.3 Å². The summed E-state index contributed by atoms with van der Waals surface area (Å²) in [6.07, 6.45) is 0. The third-order valence-corrected chi connectivity index (χ3v) is 1.73. The minimum atomic E-state index is -1.01. The number of benzene rings is 1. The molecule has 7 heteroatoms. The van der Waals surface area contributed by atoms with Crippen LogP contribution in [-0.2, 0) is 0 Å². The maximum atomic E-state index is 12.9. The van der Waals surface area contributed by atoms with Crippen LogP contribution in [0.5, 0.6) is 0 Å². The number of nitro benzene ring substituents is 1. The fraction of sp³-hybridized carbons (Fsp3) is 0.111. The summed E-state index contributed by atoms with van der Waals surface area (Å²) in [5.74, 6) is -1.67. The van der Waals surface area contributed by atoms with Gasteiger partial charge in [0, 0.05) is 11.6 Å². The van der Waals surface area contributed by atoms with Crippen molar-refractivity contribution in [2.24, 2.45) is 0 Å². The molecule has 0 aliphatic carbocycles. The van der Waals surface area contributed by atoms with E-state index in [1.54, 1.807) is 6.07 Å². The quantitative estimate of drug-likeness (QED) is 0.469. The molecule has 0 atom stereocenters. The molecule has 0 aliphatic heterocycles. The molecule has 0 saturated carbocycles. The number of carbonyl (C=O) groups excluding carboxylic acids is 1. The van der Waals surface area contributed by atoms with Crippen molar-refractivity contribution in [2.45, 2.75) is 0 Å². The molecule has 0 spiro atoms. The second-order valence-electron chi connectivity index (χ2n) is 2.76. The van der Waals surface area contributed by atoms with Gasteiger partial charge in [-0.25, -0.2) is 0 Å². The number of nitrogens with zero attached hydrogens (tertiary/aromatic N) is 2. The molecule has 0 heterocycles. The molecule has 0 fully saturated rings. The summed E-state index contributed by atoms with van der Waals surface area (Å²) in [7, 11) is 0. The fourth-order valence-electron chi connectivity index (χ4n) is 1.02. The van der Waals surface area contributed by atoms with Gasteiger partial charge in [0.2, 0.25) is 5.82 Å². The van der Waals surface area contributed by atoms with Gasteiger partial charge in [0.25, 0.3) is 5.91 Å². The summed E-state index contributed by atoms with van der Waals surface area (Å²) in [6, 6.07) is 4.44. The van der Waals surface area contributed by atoms with Gasteiger partial charge in [-0.2, -0.15) is 9.65 Å². The lowest BCUT2D eigenvalue weighted by atomic mass is 10.2. The Morgan fingerprint density at radius 1 is 1.62 bits per heavy atom. The van der Waals surface area contributed by atoms with E-state index in [2.05, 4.69) is 5.32 Å². The zero-order valence-corrected chi connectivity index (χ0v) is 7.94. The van der Waals surface area contributed by atoms with Gasteiger partial charge in [-0.15, -0.1) is 0 Å². The Morgan fingerprint density at radius 2 is 2.31 bits per heavy atom. The molecule has 82 valence electrons. The van der Waals surface area contributed by atoms with E-state index >= 15 is 0 Å². The van der Waals surface area contributed by atoms with Crippen molar-refractivity contribution in [2.75, 3.05) is 6.54 Å². The number of rotatable bonds is 3. The third-order valence-electron chi connectivity index (χ3n) is 1.73. The van der Waals surface area contributed by atoms with Crippen molar-refractivity contribution < 1.29 is 14.1 Å². The Labute approximate surface area is 89.4 Å². The van der Waals surface area contributed by atoms with Crippen molar-refractivity contribution in [3.05, 3.63) is 39.7 Å². The summed E-state index contributed by atoms with van der Waals surface area (Å²) in [6.45, 7) is -0.218. The molecule has 1 N–H and O–H groups in total. The number of carbonyl (C=O) groups is 1. The first-order valence-corrected chi connectivity index (χ1v) is 4.15. The highest BCUT2D eigenvalue weighted by Crippen LogP contribution is 2.18. The Balaban J connectivity index is 2.99. The molecular weight excluding hydrogens is 217 g/mol. The summed E-state index contributed by atoms with van der Waals surface area (Å²) >= 11 is 0. The lowest BCUT2D eigenvalue weighted by Crippen LogP contribution is -2.23. The second-order valence-corrected chi connectivity index (χ2v) is 2.76. The molecule has 1 amide bonds. The Kier molecular flexibility index (Phi) is 3.50. The predicted octanol–water partition coefficient (Wildman–Crippen LogP) is 0.987. The average molecular weight is 223 g/mol. The average Bonchev–Trinajstić information content (AvgIpc) is 2.26. The van der Waals surface area contributed by atoms with Crippen LogP contribution < -0.4 is 5.32 Å². The number of nitriles is 1. The first-order chi connectivity index (χ1) is 7.56. The lowest BCUT2D eigenvalue weighted by Gasteiger charge is -2.01. The molecule has 0 saturated heterocycles. The highest BCUT2D eigenvalue weighted by atomic mass is 19.1. The maximum Gasteiger partial charge on any atom is 0.305 e. The number of hydrogen-bond acceptors (Lipinski definition) is 4. The van der Waals surface area contributed by atoms with Gasteiger partial charge >= 0.3 is 5.69 Å². The van der Waals surface area contributed by atoms with Crippen molar-refractivity contribution in [3.63, 3.8) is 0 Å². The molecule has 0 aromatic heterocycles. The van der Waals surface area contributed by atoms with Crippen molar-refractivity contribution in [1.82, 2.24) is 5.32 Å². The molecule has 1 rings (SSSR count). The van der Waals surface area contributed by atoms with Crippen LogP contribution in [0.4, 0.5) is 10.1 Å². The zero-order chi connectivity index (χ0) is 12.1. The monoisotopic (exact) mass is 223 g/mol. The molecule has 0 radical (unpaired) electrons. The van der Waals surface area contributed by atoms with Gasteiger partial charge in [0.1, 0.15) is 6.54 Å². The van der Waals surface area contributed by atoms with Gasteiger partial charge in [-0.3, -0.25) is 14.9 Å². The number of nitrogens with one attached hydrogen (secondary N) is 1. The van der Waals surface area contributed by atoms with Gasteiger partial charge in [0.05, 0.1) is 11.0 Å². The van der Waals surface area contributed by atoms with E-state index in [1.165, 1.54) is 0 Å². The van der Waals surface area contributed by atoms with E-state index in [1.807, 2.05) is 0 Å².